The zero-order chi connectivity index (χ0) is 22.5. The van der Waals surface area contributed by atoms with Crippen molar-refractivity contribution in [1.29, 1.82) is 0 Å². The normalized spacial score (nSPS) is 12.1. The topological polar surface area (TPSA) is 53.4 Å². The number of carbonyl (C=O) groups excluding carboxylic acids is 1. The van der Waals surface area contributed by atoms with Crippen LogP contribution >= 0.6 is 11.8 Å². The van der Waals surface area contributed by atoms with Gasteiger partial charge in [0.15, 0.2) is 0 Å². The number of aromatic hydroxyl groups is 1. The van der Waals surface area contributed by atoms with Crippen LogP contribution in [0.25, 0.3) is 0 Å². The molecule has 30 heavy (non-hydrogen) atoms. The number of aromatic nitrogens is 1. The largest absolute Gasteiger partial charge is 0.507 e. The lowest BCUT2D eigenvalue weighted by molar-refractivity contribution is -0.129. The van der Waals surface area contributed by atoms with Gasteiger partial charge in [-0.15, -0.1) is 11.8 Å². The zero-order valence-corrected chi connectivity index (χ0v) is 20.3. The van der Waals surface area contributed by atoms with Crippen LogP contribution in [0.15, 0.2) is 41.4 Å². The molecule has 164 valence electrons. The van der Waals surface area contributed by atoms with E-state index >= 15 is 0 Å². The molecule has 1 aromatic heterocycles. The lowest BCUT2D eigenvalue weighted by Gasteiger charge is -2.28. The standard InChI is InChI=1S/C25H36N2O2S/c1-24(2,3)20-16-19(17-21(23(20)29)25(4,5)6)30-15-12-22(28)27(7)14-11-18-10-8-9-13-26-18/h8-10,13,16-17,29H,11-12,14-15H2,1-7H3. The molecule has 0 fully saturated rings. The predicted molar refractivity (Wildman–Crippen MR) is 126 cm³/mol. The highest BCUT2D eigenvalue weighted by molar-refractivity contribution is 7.99. The zero-order valence-electron chi connectivity index (χ0n) is 19.5. The highest BCUT2D eigenvalue weighted by Crippen LogP contribution is 2.41. The van der Waals surface area contributed by atoms with Gasteiger partial charge in [-0.25, -0.2) is 0 Å². The number of phenols is 1. The Hall–Kier alpha value is -2.01. The number of pyridine rings is 1. The minimum Gasteiger partial charge on any atom is -0.507 e. The smallest absolute Gasteiger partial charge is 0.223 e. The molecule has 0 saturated heterocycles. The second-order valence-corrected chi connectivity index (χ2v) is 11.0. The molecule has 0 radical (unpaired) electrons. The van der Waals surface area contributed by atoms with Crippen molar-refractivity contribution in [3.63, 3.8) is 0 Å². The third-order valence-corrected chi connectivity index (χ3v) is 6.12. The minimum atomic E-state index is -0.151. The molecular formula is C25H36N2O2S. The van der Waals surface area contributed by atoms with Crippen LogP contribution in [0, 0.1) is 0 Å². The minimum absolute atomic E-state index is 0.143. The van der Waals surface area contributed by atoms with Gasteiger partial charge in [0.25, 0.3) is 0 Å². The van der Waals surface area contributed by atoms with Gasteiger partial charge in [-0.1, -0.05) is 47.6 Å². The van der Waals surface area contributed by atoms with E-state index in [0.29, 0.717) is 24.5 Å². The predicted octanol–water partition coefficient (Wildman–Crippen LogP) is 5.57. The van der Waals surface area contributed by atoms with E-state index in [2.05, 4.69) is 58.7 Å². The first-order valence-corrected chi connectivity index (χ1v) is 11.5. The Labute approximate surface area is 186 Å². The maximum absolute atomic E-state index is 12.5. The molecule has 0 bridgehead atoms. The Kier molecular flexibility index (Phi) is 7.98. The first-order valence-electron chi connectivity index (χ1n) is 10.5. The Balaban J connectivity index is 2.00. The van der Waals surface area contributed by atoms with Crippen LogP contribution in [-0.2, 0) is 22.0 Å². The molecule has 1 aromatic carbocycles. The molecule has 0 aliphatic heterocycles. The van der Waals surface area contributed by atoms with Crippen LogP contribution in [0.1, 0.15) is 64.8 Å². The van der Waals surface area contributed by atoms with Crippen LogP contribution < -0.4 is 0 Å². The summed E-state index contributed by atoms with van der Waals surface area (Å²) in [4.78, 5) is 19.7. The molecule has 0 aliphatic carbocycles. The fourth-order valence-electron chi connectivity index (χ4n) is 3.23. The Bertz CT molecular complexity index is 817. The number of carbonyl (C=O) groups is 1. The van der Waals surface area contributed by atoms with E-state index in [1.807, 2.05) is 25.2 Å². The van der Waals surface area contributed by atoms with Gasteiger partial charge in [-0.2, -0.15) is 0 Å². The molecule has 0 aliphatic rings. The number of benzene rings is 1. The molecule has 2 aromatic rings. The van der Waals surface area contributed by atoms with Crippen LogP contribution in [0.5, 0.6) is 5.75 Å². The molecule has 0 atom stereocenters. The van der Waals surface area contributed by atoms with Gasteiger partial charge in [0.1, 0.15) is 5.75 Å². The van der Waals surface area contributed by atoms with Gasteiger partial charge in [-0.05, 0) is 35.1 Å². The summed E-state index contributed by atoms with van der Waals surface area (Å²) in [5.74, 6) is 1.25. The second kappa shape index (κ2) is 9.86. The molecule has 0 saturated carbocycles. The number of amides is 1. The highest BCUT2D eigenvalue weighted by Gasteiger charge is 2.26. The Morgan fingerprint density at radius 1 is 1.07 bits per heavy atom. The number of hydrogen-bond donors (Lipinski definition) is 1. The van der Waals surface area contributed by atoms with E-state index in [4.69, 9.17) is 0 Å². The average molecular weight is 429 g/mol. The van der Waals surface area contributed by atoms with Gasteiger partial charge >= 0.3 is 0 Å². The molecule has 0 spiro atoms. The molecular weight excluding hydrogens is 392 g/mol. The number of rotatable bonds is 7. The molecule has 5 heteroatoms. The first-order chi connectivity index (χ1) is 13.9. The van der Waals surface area contributed by atoms with Crippen molar-refractivity contribution < 1.29 is 9.90 Å². The summed E-state index contributed by atoms with van der Waals surface area (Å²) in [6.07, 6.45) is 3.03. The van der Waals surface area contributed by atoms with Gasteiger partial charge in [-0.3, -0.25) is 9.78 Å². The van der Waals surface area contributed by atoms with E-state index in [-0.39, 0.29) is 16.7 Å². The van der Waals surface area contributed by atoms with Crippen LogP contribution in [0.2, 0.25) is 0 Å². The summed E-state index contributed by atoms with van der Waals surface area (Å²) >= 11 is 1.68. The first kappa shape index (κ1) is 24.3. The van der Waals surface area contributed by atoms with Crippen LogP contribution in [0.3, 0.4) is 0 Å². The summed E-state index contributed by atoms with van der Waals surface area (Å²) in [5.41, 5.74) is 2.61. The molecule has 2 rings (SSSR count). The van der Waals surface area contributed by atoms with Gasteiger partial charge in [0, 0.05) is 60.1 Å². The lowest BCUT2D eigenvalue weighted by atomic mass is 9.79. The van der Waals surface area contributed by atoms with Crippen LogP contribution in [-0.4, -0.2) is 40.2 Å². The van der Waals surface area contributed by atoms with E-state index < -0.39 is 0 Å². The number of nitrogens with zero attached hydrogens (tertiary/aromatic N) is 2. The fourth-order valence-corrected chi connectivity index (χ4v) is 4.15. The SMILES string of the molecule is CN(CCc1ccccn1)C(=O)CCSc1cc(C(C)(C)C)c(O)c(C(C)(C)C)c1. The molecule has 4 nitrogen and oxygen atoms in total. The Morgan fingerprint density at radius 2 is 1.67 bits per heavy atom. The molecule has 1 N–H and O–H groups in total. The average Bonchev–Trinajstić information content (AvgIpc) is 2.66. The summed E-state index contributed by atoms with van der Waals surface area (Å²) < 4.78 is 0. The second-order valence-electron chi connectivity index (χ2n) is 9.85. The number of thioether (sulfide) groups is 1. The molecule has 0 unspecified atom stereocenters. The molecule has 1 heterocycles. The van der Waals surface area contributed by atoms with Crippen molar-refractivity contribution in [3.05, 3.63) is 53.3 Å². The Morgan fingerprint density at radius 3 is 2.17 bits per heavy atom. The summed E-state index contributed by atoms with van der Waals surface area (Å²) in [7, 11) is 1.85. The summed E-state index contributed by atoms with van der Waals surface area (Å²) in [6.45, 7) is 13.4. The van der Waals surface area contributed by atoms with E-state index in [1.165, 1.54) is 0 Å². The third kappa shape index (κ3) is 6.76. The third-order valence-electron chi connectivity index (χ3n) is 5.14. The number of hydrogen-bond acceptors (Lipinski definition) is 4. The maximum atomic E-state index is 12.5. The van der Waals surface area contributed by atoms with Gasteiger partial charge < -0.3 is 10.0 Å². The highest BCUT2D eigenvalue weighted by atomic mass is 32.2. The summed E-state index contributed by atoms with van der Waals surface area (Å²) in [5, 5.41) is 10.8. The maximum Gasteiger partial charge on any atom is 0.223 e. The van der Waals surface area contributed by atoms with Gasteiger partial charge in [0.05, 0.1) is 0 Å². The van der Waals surface area contributed by atoms with Crippen molar-refractivity contribution >= 4 is 17.7 Å². The lowest BCUT2D eigenvalue weighted by Crippen LogP contribution is -2.29. The van der Waals surface area contributed by atoms with Gasteiger partial charge in [0.2, 0.25) is 5.91 Å². The number of phenolic OH excluding ortho intramolecular Hbond substituents is 1. The monoisotopic (exact) mass is 428 g/mol. The molecule has 1 amide bonds. The van der Waals surface area contributed by atoms with Crippen molar-refractivity contribution in [2.75, 3.05) is 19.3 Å². The van der Waals surface area contributed by atoms with Crippen molar-refractivity contribution in [3.8, 4) is 5.75 Å². The van der Waals surface area contributed by atoms with E-state index in [1.54, 1.807) is 22.9 Å². The quantitative estimate of drug-likeness (QED) is 0.586. The van der Waals surface area contributed by atoms with Crippen molar-refractivity contribution in [2.45, 2.75) is 70.1 Å². The van der Waals surface area contributed by atoms with E-state index in [0.717, 1.165) is 28.1 Å². The fraction of sp³-hybridized carbons (Fsp3) is 0.520. The summed E-state index contributed by atoms with van der Waals surface area (Å²) in [6, 6.07) is 10.00. The number of likely N-dealkylation sites (N-methyl/N-ethyl adjacent to an activating group) is 1. The van der Waals surface area contributed by atoms with Crippen molar-refractivity contribution in [1.82, 2.24) is 9.88 Å². The van der Waals surface area contributed by atoms with Crippen molar-refractivity contribution in [2.24, 2.45) is 0 Å². The van der Waals surface area contributed by atoms with E-state index in [9.17, 15) is 9.90 Å². The van der Waals surface area contributed by atoms with Crippen LogP contribution in [0.4, 0.5) is 0 Å².